The first-order chi connectivity index (χ1) is 13.4. The highest BCUT2D eigenvalue weighted by molar-refractivity contribution is 5.14. The van der Waals surface area contributed by atoms with Crippen LogP contribution in [0.2, 0.25) is 0 Å². The predicted molar refractivity (Wildman–Crippen MR) is 108 cm³/mol. The van der Waals surface area contributed by atoms with Crippen LogP contribution in [0.4, 0.5) is 4.39 Å². The van der Waals surface area contributed by atoms with E-state index < -0.39 is 11.9 Å². The summed E-state index contributed by atoms with van der Waals surface area (Å²) in [7, 11) is 0. The van der Waals surface area contributed by atoms with Crippen molar-refractivity contribution < 1.29 is 14.2 Å². The minimum Gasteiger partial charge on any atom is -0.387 e. The SMILES string of the molecule is CC(C)(NC[C@H](O)c1cncc(F)c1)C1CCC(OCc2ccccc2)CC1. The number of nitrogens with zero attached hydrogens (tertiary/aromatic N) is 1. The Morgan fingerprint density at radius 3 is 2.57 bits per heavy atom. The van der Waals surface area contributed by atoms with Gasteiger partial charge in [0, 0.05) is 23.8 Å². The molecule has 5 heteroatoms. The number of halogens is 1. The Hall–Kier alpha value is -1.82. The zero-order valence-corrected chi connectivity index (χ0v) is 16.8. The largest absolute Gasteiger partial charge is 0.387 e. The molecule has 0 spiro atoms. The van der Waals surface area contributed by atoms with E-state index in [4.69, 9.17) is 4.74 Å². The van der Waals surface area contributed by atoms with E-state index in [0.717, 1.165) is 31.9 Å². The molecular weight excluding hydrogens is 355 g/mol. The Labute approximate surface area is 167 Å². The quantitative estimate of drug-likeness (QED) is 0.706. The second-order valence-corrected chi connectivity index (χ2v) is 8.33. The van der Waals surface area contributed by atoms with Gasteiger partial charge in [0.1, 0.15) is 5.82 Å². The number of ether oxygens (including phenoxy) is 1. The van der Waals surface area contributed by atoms with Gasteiger partial charge < -0.3 is 15.2 Å². The van der Waals surface area contributed by atoms with Crippen LogP contribution in [0.1, 0.15) is 56.8 Å². The lowest BCUT2D eigenvalue weighted by Gasteiger charge is -2.40. The molecule has 4 nitrogen and oxygen atoms in total. The number of β-amino-alcohol motifs (C(OH)–C–C–N with tert-alkyl or cyclic N) is 1. The first-order valence-electron chi connectivity index (χ1n) is 10.1. The molecule has 1 saturated carbocycles. The molecule has 152 valence electrons. The Morgan fingerprint density at radius 1 is 1.18 bits per heavy atom. The van der Waals surface area contributed by atoms with Gasteiger partial charge >= 0.3 is 0 Å². The summed E-state index contributed by atoms with van der Waals surface area (Å²) in [6.45, 7) is 5.41. The molecule has 1 aliphatic carbocycles. The third kappa shape index (κ3) is 5.84. The standard InChI is InChI=1S/C23H31FN2O2/c1-23(2,26-15-22(27)18-12-20(24)14-25-13-18)19-8-10-21(11-9-19)28-16-17-6-4-3-5-7-17/h3-7,12-14,19,21-22,26-27H,8-11,15-16H2,1-2H3/t19?,21?,22-/m0/s1. The summed E-state index contributed by atoms with van der Waals surface area (Å²) in [4.78, 5) is 3.81. The van der Waals surface area contributed by atoms with Gasteiger partial charge in [-0.3, -0.25) is 4.98 Å². The van der Waals surface area contributed by atoms with Gasteiger partial charge in [-0.25, -0.2) is 4.39 Å². The molecule has 1 aromatic heterocycles. The van der Waals surface area contributed by atoms with Gasteiger partial charge in [-0.1, -0.05) is 30.3 Å². The van der Waals surface area contributed by atoms with Gasteiger partial charge in [-0.15, -0.1) is 0 Å². The molecule has 0 saturated heterocycles. The monoisotopic (exact) mass is 386 g/mol. The first kappa shape index (κ1) is 20.9. The summed E-state index contributed by atoms with van der Waals surface area (Å²) >= 11 is 0. The van der Waals surface area contributed by atoms with Crippen molar-refractivity contribution in [1.82, 2.24) is 10.3 Å². The van der Waals surface area contributed by atoms with E-state index in [9.17, 15) is 9.50 Å². The molecule has 0 radical (unpaired) electrons. The lowest BCUT2D eigenvalue weighted by molar-refractivity contribution is -0.00340. The van der Waals surface area contributed by atoms with Crippen molar-refractivity contribution in [2.45, 2.75) is 63.9 Å². The Morgan fingerprint density at radius 2 is 1.89 bits per heavy atom. The smallest absolute Gasteiger partial charge is 0.141 e. The highest BCUT2D eigenvalue weighted by atomic mass is 19.1. The summed E-state index contributed by atoms with van der Waals surface area (Å²) < 4.78 is 19.4. The minimum absolute atomic E-state index is 0.105. The van der Waals surface area contributed by atoms with Crippen LogP contribution in [0, 0.1) is 11.7 Å². The number of hydrogen-bond donors (Lipinski definition) is 2. The maximum atomic E-state index is 13.3. The number of pyridine rings is 1. The van der Waals surface area contributed by atoms with Crippen LogP contribution in [-0.4, -0.2) is 28.3 Å². The number of benzene rings is 1. The van der Waals surface area contributed by atoms with E-state index >= 15 is 0 Å². The lowest BCUT2D eigenvalue weighted by atomic mass is 9.75. The fourth-order valence-electron chi connectivity index (χ4n) is 3.97. The molecule has 2 N–H and O–H groups in total. The number of hydrogen-bond acceptors (Lipinski definition) is 4. The van der Waals surface area contributed by atoms with Crippen molar-refractivity contribution >= 4 is 0 Å². The second kappa shape index (κ2) is 9.59. The number of nitrogens with one attached hydrogen (secondary N) is 1. The third-order valence-corrected chi connectivity index (χ3v) is 5.89. The van der Waals surface area contributed by atoms with Crippen molar-refractivity contribution in [3.05, 3.63) is 65.7 Å². The maximum Gasteiger partial charge on any atom is 0.141 e. The normalized spacial score (nSPS) is 21.4. The maximum absolute atomic E-state index is 13.3. The van der Waals surface area contributed by atoms with E-state index in [0.29, 0.717) is 30.7 Å². The van der Waals surface area contributed by atoms with E-state index in [1.54, 1.807) is 0 Å². The van der Waals surface area contributed by atoms with Crippen molar-refractivity contribution in [2.75, 3.05) is 6.54 Å². The fourth-order valence-corrected chi connectivity index (χ4v) is 3.97. The van der Waals surface area contributed by atoms with Crippen molar-refractivity contribution in [1.29, 1.82) is 0 Å². The summed E-state index contributed by atoms with van der Waals surface area (Å²) in [5, 5.41) is 13.8. The average Bonchev–Trinajstić information content (AvgIpc) is 2.71. The molecule has 1 aliphatic rings. The van der Waals surface area contributed by atoms with Gasteiger partial charge in [-0.05, 0) is 57.1 Å². The molecule has 2 aromatic rings. The molecule has 1 heterocycles. The van der Waals surface area contributed by atoms with Gasteiger partial charge in [-0.2, -0.15) is 0 Å². The second-order valence-electron chi connectivity index (χ2n) is 8.33. The summed E-state index contributed by atoms with van der Waals surface area (Å²) in [6.07, 6.45) is 6.50. The van der Waals surface area contributed by atoms with E-state index in [1.807, 2.05) is 18.2 Å². The Kier molecular flexibility index (Phi) is 7.16. The molecule has 28 heavy (non-hydrogen) atoms. The van der Waals surface area contributed by atoms with Crippen LogP contribution in [0.15, 0.2) is 48.8 Å². The molecular formula is C23H31FN2O2. The number of aliphatic hydroxyl groups excluding tert-OH is 1. The average molecular weight is 387 g/mol. The highest BCUT2D eigenvalue weighted by Gasteiger charge is 2.33. The first-order valence-corrected chi connectivity index (χ1v) is 10.1. The van der Waals surface area contributed by atoms with E-state index in [-0.39, 0.29) is 5.54 Å². The molecule has 0 aliphatic heterocycles. The summed E-state index contributed by atoms with van der Waals surface area (Å²) in [6, 6.07) is 11.6. The predicted octanol–water partition coefficient (Wildman–Crippen LogP) is 4.40. The fraction of sp³-hybridized carbons (Fsp3) is 0.522. The van der Waals surface area contributed by atoms with E-state index in [1.165, 1.54) is 17.8 Å². The molecule has 1 atom stereocenters. The van der Waals surface area contributed by atoms with Crippen molar-refractivity contribution in [3.63, 3.8) is 0 Å². The van der Waals surface area contributed by atoms with Gasteiger partial charge in [0.05, 0.1) is 25.0 Å². The Balaban J connectivity index is 1.43. The van der Waals surface area contributed by atoms with E-state index in [2.05, 4.69) is 36.3 Å². The lowest BCUT2D eigenvalue weighted by Crippen LogP contribution is -2.49. The summed E-state index contributed by atoms with van der Waals surface area (Å²) in [5.74, 6) is 0.0894. The van der Waals surface area contributed by atoms with Gasteiger partial charge in [0.15, 0.2) is 0 Å². The van der Waals surface area contributed by atoms with Gasteiger partial charge in [0.2, 0.25) is 0 Å². The number of aliphatic hydroxyl groups is 1. The molecule has 1 fully saturated rings. The van der Waals surface area contributed by atoms with Crippen LogP contribution >= 0.6 is 0 Å². The van der Waals surface area contributed by atoms with Gasteiger partial charge in [0.25, 0.3) is 0 Å². The molecule has 0 unspecified atom stereocenters. The topological polar surface area (TPSA) is 54.4 Å². The summed E-state index contributed by atoms with van der Waals surface area (Å²) in [5.41, 5.74) is 1.61. The molecule has 0 amide bonds. The zero-order chi connectivity index (χ0) is 20.0. The molecule has 0 bridgehead atoms. The van der Waals surface area contributed by atoms with Crippen LogP contribution in [0.3, 0.4) is 0 Å². The van der Waals surface area contributed by atoms with Crippen LogP contribution in [0.5, 0.6) is 0 Å². The highest BCUT2D eigenvalue weighted by Crippen LogP contribution is 2.34. The van der Waals surface area contributed by atoms with Crippen molar-refractivity contribution in [3.8, 4) is 0 Å². The zero-order valence-electron chi connectivity index (χ0n) is 16.8. The minimum atomic E-state index is -0.770. The van der Waals surface area contributed by atoms with Crippen molar-refractivity contribution in [2.24, 2.45) is 5.92 Å². The molecule has 3 rings (SSSR count). The molecule has 1 aromatic carbocycles. The third-order valence-electron chi connectivity index (χ3n) is 5.89. The number of rotatable bonds is 8. The van der Waals surface area contributed by atoms with Crippen LogP contribution in [0.25, 0.3) is 0 Å². The Bertz CT molecular complexity index is 730. The number of aromatic nitrogens is 1. The van der Waals surface area contributed by atoms with Crippen LogP contribution < -0.4 is 5.32 Å². The van der Waals surface area contributed by atoms with Crippen LogP contribution in [-0.2, 0) is 11.3 Å².